The minimum atomic E-state index is -0.624. The Hall–Kier alpha value is -3.03. The van der Waals surface area contributed by atoms with E-state index in [1.54, 1.807) is 17.0 Å². The van der Waals surface area contributed by atoms with Crippen LogP contribution in [0.15, 0.2) is 54.6 Å². The predicted octanol–water partition coefficient (Wildman–Crippen LogP) is 5.15. The highest BCUT2D eigenvalue weighted by molar-refractivity contribution is 7.21. The van der Waals surface area contributed by atoms with Crippen LogP contribution in [0, 0.1) is 11.6 Å². The molecule has 7 heteroatoms. The van der Waals surface area contributed by atoms with Gasteiger partial charge >= 0.3 is 0 Å². The number of carbonyl (C=O) groups is 1. The lowest BCUT2D eigenvalue weighted by Crippen LogP contribution is -2.52. The van der Waals surface area contributed by atoms with Crippen LogP contribution in [0.1, 0.15) is 21.5 Å². The minimum Gasteiger partial charge on any atom is -0.371 e. The number of nitrogens with zero attached hydrogens (tertiary/aromatic N) is 2. The zero-order chi connectivity index (χ0) is 21.5. The first-order chi connectivity index (χ1) is 15.0. The molecule has 0 bridgehead atoms. The lowest BCUT2D eigenvalue weighted by Gasteiger charge is -2.37. The SMILES string of the molecule is CN1CC(Nc2sc3c(c2C(=O)c2ccccc2)C=CCN3c2c(F)cccc2F)C1. The Balaban J connectivity index is 1.63. The maximum atomic E-state index is 14.6. The molecule has 0 atom stereocenters. The largest absolute Gasteiger partial charge is 0.371 e. The molecule has 0 radical (unpaired) electrons. The third-order valence-corrected chi connectivity index (χ3v) is 6.77. The first kappa shape index (κ1) is 19.9. The average molecular weight is 438 g/mol. The number of likely N-dealkylation sites (N-methyl/N-ethyl adjacent to an activating group) is 1. The number of halogens is 2. The summed E-state index contributed by atoms with van der Waals surface area (Å²) in [6.07, 6.45) is 3.72. The van der Waals surface area contributed by atoms with Gasteiger partial charge < -0.3 is 15.1 Å². The molecule has 3 aromatic rings. The molecule has 1 fully saturated rings. The number of anilines is 3. The summed E-state index contributed by atoms with van der Waals surface area (Å²) in [6.45, 7) is 2.09. The van der Waals surface area contributed by atoms with Gasteiger partial charge in [-0.05, 0) is 19.2 Å². The van der Waals surface area contributed by atoms with E-state index in [-0.39, 0.29) is 17.5 Å². The number of ketones is 1. The number of nitrogens with one attached hydrogen (secondary N) is 1. The van der Waals surface area contributed by atoms with Gasteiger partial charge in [-0.3, -0.25) is 4.79 Å². The van der Waals surface area contributed by atoms with Gasteiger partial charge in [0.05, 0.1) is 11.6 Å². The third-order valence-electron chi connectivity index (χ3n) is 5.61. The molecule has 2 aromatic carbocycles. The van der Waals surface area contributed by atoms with Crippen LogP contribution < -0.4 is 10.2 Å². The number of para-hydroxylation sites is 1. The smallest absolute Gasteiger partial charge is 0.196 e. The Morgan fingerprint density at radius 3 is 2.45 bits per heavy atom. The van der Waals surface area contributed by atoms with Gasteiger partial charge in [-0.15, -0.1) is 0 Å². The van der Waals surface area contributed by atoms with Crippen molar-refractivity contribution >= 4 is 38.9 Å². The molecule has 31 heavy (non-hydrogen) atoms. The van der Waals surface area contributed by atoms with Crippen LogP contribution in [-0.2, 0) is 0 Å². The fourth-order valence-electron chi connectivity index (χ4n) is 4.12. The minimum absolute atomic E-state index is 0.0945. The highest BCUT2D eigenvalue weighted by Gasteiger charge is 2.32. The molecule has 158 valence electrons. The van der Waals surface area contributed by atoms with E-state index in [2.05, 4.69) is 10.2 Å². The molecule has 4 nitrogen and oxygen atoms in total. The van der Waals surface area contributed by atoms with Crippen molar-refractivity contribution in [3.63, 3.8) is 0 Å². The van der Waals surface area contributed by atoms with Gasteiger partial charge in [0.1, 0.15) is 27.3 Å². The van der Waals surface area contributed by atoms with E-state index in [0.29, 0.717) is 28.2 Å². The van der Waals surface area contributed by atoms with Crippen molar-refractivity contribution in [2.24, 2.45) is 0 Å². The standard InChI is InChI=1S/C24H21F2N3OS/c1-28-13-16(14-28)27-23-20(22(30)15-7-3-2-4-8-15)17-9-6-12-29(24(17)31-23)21-18(25)10-5-11-19(21)26/h2-11,16,27H,12-14H2,1H3. The van der Waals surface area contributed by atoms with Crippen molar-refractivity contribution in [2.45, 2.75) is 6.04 Å². The zero-order valence-corrected chi connectivity index (χ0v) is 17.8. The molecule has 1 N–H and O–H groups in total. The van der Waals surface area contributed by atoms with E-state index in [0.717, 1.165) is 18.1 Å². The van der Waals surface area contributed by atoms with Crippen LogP contribution in [0.5, 0.6) is 0 Å². The quantitative estimate of drug-likeness (QED) is 0.560. The molecule has 5 rings (SSSR count). The highest BCUT2D eigenvalue weighted by Crippen LogP contribution is 2.47. The summed E-state index contributed by atoms with van der Waals surface area (Å²) in [7, 11) is 2.04. The lowest BCUT2D eigenvalue weighted by molar-refractivity contribution is 0.103. The Bertz CT molecular complexity index is 1150. The zero-order valence-electron chi connectivity index (χ0n) is 16.9. The summed E-state index contributed by atoms with van der Waals surface area (Å²) in [6, 6.07) is 13.2. The van der Waals surface area contributed by atoms with Crippen LogP contribution in [0.4, 0.5) is 24.5 Å². The summed E-state index contributed by atoms with van der Waals surface area (Å²) in [4.78, 5) is 17.3. The van der Waals surface area contributed by atoms with Crippen molar-refractivity contribution < 1.29 is 13.6 Å². The van der Waals surface area contributed by atoms with Gasteiger partial charge in [-0.2, -0.15) is 0 Å². The molecule has 2 aliphatic heterocycles. The second-order valence-electron chi connectivity index (χ2n) is 7.87. The Labute approximate surface area is 183 Å². The molecule has 0 unspecified atom stereocenters. The summed E-state index contributed by atoms with van der Waals surface area (Å²) < 4.78 is 29.2. The molecule has 1 saturated heterocycles. The number of benzene rings is 2. The van der Waals surface area contributed by atoms with E-state index in [1.807, 2.05) is 37.4 Å². The molecular weight excluding hydrogens is 416 g/mol. The summed E-state index contributed by atoms with van der Waals surface area (Å²) in [5.41, 5.74) is 1.74. The van der Waals surface area contributed by atoms with Crippen LogP contribution in [0.25, 0.3) is 6.08 Å². The average Bonchev–Trinajstić information content (AvgIpc) is 3.11. The normalized spacial score (nSPS) is 16.2. The highest BCUT2D eigenvalue weighted by atomic mass is 32.1. The number of likely N-dealkylation sites (tertiary alicyclic amines) is 1. The topological polar surface area (TPSA) is 35.6 Å². The summed E-state index contributed by atoms with van der Waals surface area (Å²) in [5, 5.41) is 4.90. The van der Waals surface area contributed by atoms with Gasteiger partial charge in [0.15, 0.2) is 5.78 Å². The van der Waals surface area contributed by atoms with E-state index >= 15 is 0 Å². The number of hydrogen-bond donors (Lipinski definition) is 1. The molecule has 0 spiro atoms. The van der Waals surface area contributed by atoms with Gasteiger partial charge in [-0.1, -0.05) is 59.9 Å². The van der Waals surface area contributed by atoms with Crippen LogP contribution >= 0.6 is 11.3 Å². The van der Waals surface area contributed by atoms with Gasteiger partial charge in [0.25, 0.3) is 0 Å². The number of carbonyl (C=O) groups excluding carboxylic acids is 1. The number of fused-ring (bicyclic) bond motifs is 1. The molecule has 0 aliphatic carbocycles. The van der Waals surface area contributed by atoms with E-state index in [4.69, 9.17) is 0 Å². The first-order valence-electron chi connectivity index (χ1n) is 10.1. The van der Waals surface area contributed by atoms with Crippen LogP contribution in [-0.4, -0.2) is 43.4 Å². The Morgan fingerprint density at radius 2 is 1.77 bits per heavy atom. The van der Waals surface area contributed by atoms with Crippen molar-refractivity contribution in [3.8, 4) is 0 Å². The maximum absolute atomic E-state index is 14.6. The van der Waals surface area contributed by atoms with Gasteiger partial charge in [-0.25, -0.2) is 8.78 Å². The Morgan fingerprint density at radius 1 is 1.06 bits per heavy atom. The Kier molecular flexibility index (Phi) is 5.08. The fraction of sp³-hybridized carbons (Fsp3) is 0.208. The summed E-state index contributed by atoms with van der Waals surface area (Å²) in [5.74, 6) is -1.35. The van der Waals surface area contributed by atoms with E-state index < -0.39 is 11.6 Å². The molecule has 0 saturated carbocycles. The number of hydrogen-bond acceptors (Lipinski definition) is 5. The molecule has 1 aromatic heterocycles. The second kappa shape index (κ2) is 7.90. The van der Waals surface area contributed by atoms with Gasteiger partial charge in [0.2, 0.25) is 0 Å². The van der Waals surface area contributed by atoms with E-state index in [1.165, 1.54) is 29.5 Å². The maximum Gasteiger partial charge on any atom is 0.196 e. The van der Waals surface area contributed by atoms with Crippen molar-refractivity contribution in [1.29, 1.82) is 0 Å². The van der Waals surface area contributed by atoms with Crippen LogP contribution in [0.2, 0.25) is 0 Å². The monoisotopic (exact) mass is 437 g/mol. The molecule has 0 amide bonds. The molecule has 3 heterocycles. The molecular formula is C24H21F2N3OS. The van der Waals surface area contributed by atoms with Crippen LogP contribution in [0.3, 0.4) is 0 Å². The number of thiophene rings is 1. The van der Waals surface area contributed by atoms with Crippen molar-refractivity contribution in [2.75, 3.05) is 36.9 Å². The lowest BCUT2D eigenvalue weighted by atomic mass is 9.99. The predicted molar refractivity (Wildman–Crippen MR) is 121 cm³/mol. The molecule has 2 aliphatic rings. The second-order valence-corrected chi connectivity index (χ2v) is 8.86. The summed E-state index contributed by atoms with van der Waals surface area (Å²) >= 11 is 1.37. The fourth-order valence-corrected chi connectivity index (χ4v) is 5.40. The van der Waals surface area contributed by atoms with Gasteiger partial charge in [0, 0.05) is 30.8 Å². The third kappa shape index (κ3) is 3.54. The van der Waals surface area contributed by atoms with Crippen molar-refractivity contribution in [1.82, 2.24) is 4.90 Å². The van der Waals surface area contributed by atoms with Crippen molar-refractivity contribution in [3.05, 3.63) is 82.9 Å². The van der Waals surface area contributed by atoms with E-state index in [9.17, 15) is 13.6 Å². The first-order valence-corrected chi connectivity index (χ1v) is 10.9. The number of rotatable bonds is 5.